The zero-order valence-corrected chi connectivity index (χ0v) is 14.9. The van der Waals surface area contributed by atoms with Gasteiger partial charge in [-0.1, -0.05) is 35.3 Å². The van der Waals surface area contributed by atoms with Gasteiger partial charge in [-0.05, 0) is 30.3 Å². The predicted octanol–water partition coefficient (Wildman–Crippen LogP) is 3.53. The first-order valence-corrected chi connectivity index (χ1v) is 9.04. The highest BCUT2D eigenvalue weighted by atomic mass is 35.5. The molecule has 2 aromatic carbocycles. The summed E-state index contributed by atoms with van der Waals surface area (Å²) in [6.07, 6.45) is 1.46. The van der Waals surface area contributed by atoms with Crippen LogP contribution in [0.15, 0.2) is 47.4 Å². The number of esters is 1. The van der Waals surface area contributed by atoms with E-state index >= 15 is 0 Å². The molecule has 1 atom stereocenters. The van der Waals surface area contributed by atoms with E-state index in [4.69, 9.17) is 27.9 Å². The van der Waals surface area contributed by atoms with Gasteiger partial charge < -0.3 is 10.1 Å². The number of halogens is 2. The molecule has 126 valence electrons. The molecule has 1 N–H and O–H groups in total. The summed E-state index contributed by atoms with van der Waals surface area (Å²) in [5, 5.41) is 3.26. The first-order valence-electron chi connectivity index (χ1n) is 6.72. The van der Waals surface area contributed by atoms with E-state index in [1.54, 1.807) is 18.2 Å². The quantitative estimate of drug-likeness (QED) is 0.798. The van der Waals surface area contributed by atoms with Gasteiger partial charge in [0.15, 0.2) is 6.61 Å². The van der Waals surface area contributed by atoms with Crippen LogP contribution in [-0.2, 0) is 20.3 Å². The standard InChI is InChI=1S/C16H13Cl2NO4S/c1-24(22)14-5-3-2-4-13(14)16(21)23-9-15(20)19-12-7-10(17)6-11(18)8-12/h2-8H,9H2,1H3,(H,19,20)/t24-/m1/s1. The molecule has 5 nitrogen and oxygen atoms in total. The lowest BCUT2D eigenvalue weighted by molar-refractivity contribution is -0.119. The lowest BCUT2D eigenvalue weighted by Gasteiger charge is -2.09. The Bertz CT molecular complexity index is 790. The molecular weight excluding hydrogens is 373 g/mol. The molecule has 0 radical (unpaired) electrons. The number of carbonyl (C=O) groups excluding carboxylic acids is 2. The zero-order valence-electron chi connectivity index (χ0n) is 12.5. The summed E-state index contributed by atoms with van der Waals surface area (Å²) in [7, 11) is -1.34. The van der Waals surface area contributed by atoms with Gasteiger partial charge in [-0.25, -0.2) is 4.79 Å². The molecule has 1 amide bonds. The van der Waals surface area contributed by atoms with E-state index in [1.807, 2.05) is 0 Å². The Balaban J connectivity index is 1.99. The molecule has 8 heteroatoms. The maximum Gasteiger partial charge on any atom is 0.339 e. The number of hydrogen-bond donors (Lipinski definition) is 1. The third-order valence-corrected chi connectivity index (χ3v) is 4.31. The smallest absolute Gasteiger partial charge is 0.339 e. The Hall–Kier alpha value is -1.89. The minimum Gasteiger partial charge on any atom is -0.452 e. The Morgan fingerprint density at radius 3 is 2.38 bits per heavy atom. The van der Waals surface area contributed by atoms with Gasteiger partial charge in [-0.2, -0.15) is 0 Å². The molecule has 0 aromatic heterocycles. The van der Waals surface area contributed by atoms with E-state index in [9.17, 15) is 13.8 Å². The SMILES string of the molecule is C[S@@](=O)c1ccccc1C(=O)OCC(=O)Nc1cc(Cl)cc(Cl)c1. The number of benzene rings is 2. The average molecular weight is 386 g/mol. The van der Waals surface area contributed by atoms with Crippen LogP contribution in [0.2, 0.25) is 10.0 Å². The first-order chi connectivity index (χ1) is 11.4. The van der Waals surface area contributed by atoms with Crippen molar-refractivity contribution >= 4 is 51.6 Å². The van der Waals surface area contributed by atoms with E-state index in [-0.39, 0.29) is 5.56 Å². The summed E-state index contributed by atoms with van der Waals surface area (Å²) >= 11 is 11.7. The molecule has 24 heavy (non-hydrogen) atoms. The Morgan fingerprint density at radius 2 is 1.75 bits per heavy atom. The molecule has 0 aliphatic carbocycles. The van der Waals surface area contributed by atoms with Crippen molar-refractivity contribution in [3.63, 3.8) is 0 Å². The van der Waals surface area contributed by atoms with Crippen LogP contribution in [0.5, 0.6) is 0 Å². The lowest BCUT2D eigenvalue weighted by atomic mass is 10.2. The number of nitrogens with one attached hydrogen (secondary N) is 1. The molecule has 2 aromatic rings. The van der Waals surface area contributed by atoms with Crippen molar-refractivity contribution in [2.24, 2.45) is 0 Å². The third kappa shape index (κ3) is 5.06. The second-order valence-corrected chi connectivity index (χ2v) is 6.95. The molecule has 0 unspecified atom stereocenters. The van der Waals surface area contributed by atoms with E-state index in [1.165, 1.54) is 30.5 Å². The van der Waals surface area contributed by atoms with Crippen LogP contribution in [0.1, 0.15) is 10.4 Å². The van der Waals surface area contributed by atoms with E-state index in [0.717, 1.165) is 0 Å². The highest BCUT2D eigenvalue weighted by Gasteiger charge is 2.16. The van der Waals surface area contributed by atoms with Crippen molar-refractivity contribution < 1.29 is 18.5 Å². The van der Waals surface area contributed by atoms with Crippen LogP contribution in [0.4, 0.5) is 5.69 Å². The Kier molecular flexibility index (Phi) is 6.36. The van der Waals surface area contributed by atoms with Gasteiger partial charge in [0.25, 0.3) is 5.91 Å². The van der Waals surface area contributed by atoms with Crippen molar-refractivity contribution in [3.05, 3.63) is 58.1 Å². The number of amides is 1. The molecule has 0 bridgehead atoms. The molecule has 0 aliphatic rings. The average Bonchev–Trinajstić information content (AvgIpc) is 2.51. The van der Waals surface area contributed by atoms with Crippen LogP contribution in [0.3, 0.4) is 0 Å². The van der Waals surface area contributed by atoms with Gasteiger partial charge in [0.1, 0.15) is 0 Å². The molecule has 0 fully saturated rings. The van der Waals surface area contributed by atoms with E-state index < -0.39 is 29.3 Å². The number of rotatable bonds is 5. The molecular formula is C16H13Cl2NO4S. The van der Waals surface area contributed by atoms with Crippen molar-refractivity contribution in [3.8, 4) is 0 Å². The highest BCUT2D eigenvalue weighted by molar-refractivity contribution is 7.84. The molecule has 0 saturated heterocycles. The van der Waals surface area contributed by atoms with Gasteiger partial charge in [0.05, 0.1) is 21.3 Å². The minimum atomic E-state index is -1.34. The molecule has 0 spiro atoms. The van der Waals surface area contributed by atoms with Crippen LogP contribution in [0.25, 0.3) is 0 Å². The van der Waals surface area contributed by atoms with Crippen LogP contribution < -0.4 is 5.32 Å². The summed E-state index contributed by atoms with van der Waals surface area (Å²) in [6.45, 7) is -0.492. The molecule has 2 rings (SSSR count). The second-order valence-electron chi connectivity index (χ2n) is 4.73. The largest absolute Gasteiger partial charge is 0.452 e. The number of anilines is 1. The summed E-state index contributed by atoms with van der Waals surface area (Å²) in [5.41, 5.74) is 0.556. The first kappa shape index (κ1) is 18.4. The molecule has 0 saturated carbocycles. The fourth-order valence-electron chi connectivity index (χ4n) is 1.92. The summed E-state index contributed by atoms with van der Waals surface area (Å²) in [6, 6.07) is 10.9. The number of carbonyl (C=O) groups is 2. The Labute approximate surface area is 151 Å². The monoisotopic (exact) mass is 385 g/mol. The second kappa shape index (κ2) is 8.28. The van der Waals surface area contributed by atoms with Crippen LogP contribution in [-0.4, -0.2) is 28.9 Å². The molecule has 0 heterocycles. The topological polar surface area (TPSA) is 72.5 Å². The zero-order chi connectivity index (χ0) is 17.7. The van der Waals surface area contributed by atoms with Crippen LogP contribution in [0, 0.1) is 0 Å². The van der Waals surface area contributed by atoms with Crippen LogP contribution >= 0.6 is 23.2 Å². The van der Waals surface area contributed by atoms with Gasteiger partial charge in [0.2, 0.25) is 0 Å². The highest BCUT2D eigenvalue weighted by Crippen LogP contribution is 2.22. The fraction of sp³-hybridized carbons (Fsp3) is 0.125. The number of hydrogen-bond acceptors (Lipinski definition) is 4. The van der Waals surface area contributed by atoms with Crippen molar-refractivity contribution in [2.75, 3.05) is 18.2 Å². The van der Waals surface area contributed by atoms with Gasteiger partial charge in [-0.3, -0.25) is 9.00 Å². The summed E-state index contributed by atoms with van der Waals surface area (Å²) < 4.78 is 16.6. The van der Waals surface area contributed by atoms with E-state index in [0.29, 0.717) is 20.6 Å². The maximum atomic E-state index is 12.1. The van der Waals surface area contributed by atoms with Crippen molar-refractivity contribution in [1.82, 2.24) is 0 Å². The lowest BCUT2D eigenvalue weighted by Crippen LogP contribution is -2.21. The predicted molar refractivity (Wildman–Crippen MR) is 94.1 cm³/mol. The third-order valence-electron chi connectivity index (χ3n) is 2.90. The molecule has 0 aliphatic heterocycles. The normalized spacial score (nSPS) is 11.6. The van der Waals surface area contributed by atoms with E-state index in [2.05, 4.69) is 5.32 Å². The van der Waals surface area contributed by atoms with Gasteiger partial charge in [-0.15, -0.1) is 0 Å². The summed E-state index contributed by atoms with van der Waals surface area (Å²) in [4.78, 5) is 24.3. The van der Waals surface area contributed by atoms with Crippen molar-refractivity contribution in [2.45, 2.75) is 4.90 Å². The fourth-order valence-corrected chi connectivity index (χ4v) is 3.18. The maximum absolute atomic E-state index is 12.1. The Morgan fingerprint density at radius 1 is 1.12 bits per heavy atom. The summed E-state index contributed by atoms with van der Waals surface area (Å²) in [5.74, 6) is -1.27. The van der Waals surface area contributed by atoms with Gasteiger partial charge >= 0.3 is 5.97 Å². The van der Waals surface area contributed by atoms with Gasteiger partial charge in [0, 0.05) is 22.0 Å². The minimum absolute atomic E-state index is 0.164. The van der Waals surface area contributed by atoms with Crippen molar-refractivity contribution in [1.29, 1.82) is 0 Å². The number of ether oxygens (including phenoxy) is 1.